The van der Waals surface area contributed by atoms with Crippen LogP contribution in [0.15, 0.2) is 22.7 Å². The lowest BCUT2D eigenvalue weighted by Gasteiger charge is -2.06. The summed E-state index contributed by atoms with van der Waals surface area (Å²) >= 11 is 15.2. The van der Waals surface area contributed by atoms with Crippen molar-refractivity contribution < 1.29 is 0 Å². The lowest BCUT2D eigenvalue weighted by atomic mass is 10.3. The molecule has 3 nitrogen and oxygen atoms in total. The molecule has 0 unspecified atom stereocenters. The summed E-state index contributed by atoms with van der Waals surface area (Å²) in [6.07, 6.45) is 0. The molecule has 78 valence electrons. The first kappa shape index (κ1) is 10.9. The summed E-state index contributed by atoms with van der Waals surface area (Å²) in [6.45, 7) is 1.83. The number of benzene rings is 1. The van der Waals surface area contributed by atoms with Gasteiger partial charge in [-0.2, -0.15) is 0 Å². The smallest absolute Gasteiger partial charge is 0.229 e. The molecule has 0 aliphatic rings. The Bertz CT molecular complexity index is 491. The maximum absolute atomic E-state index is 5.99. The minimum absolute atomic E-state index is 0.325. The Balaban J connectivity index is 2.59. The summed E-state index contributed by atoms with van der Waals surface area (Å²) in [7, 11) is 0. The SMILES string of the molecule is Cc1nnc(Cl)n1-c1ccc(Br)c(Cl)c1. The summed E-state index contributed by atoms with van der Waals surface area (Å²) in [5, 5.41) is 8.59. The van der Waals surface area contributed by atoms with Gasteiger partial charge in [0.05, 0.1) is 10.7 Å². The molecule has 6 heteroatoms. The van der Waals surface area contributed by atoms with Crippen LogP contribution < -0.4 is 0 Å². The molecular formula is C9H6BrCl2N3. The van der Waals surface area contributed by atoms with Gasteiger partial charge in [-0.05, 0) is 52.7 Å². The third-order valence-electron chi connectivity index (χ3n) is 1.95. The molecule has 0 spiro atoms. The number of nitrogens with zero attached hydrogens (tertiary/aromatic N) is 3. The van der Waals surface area contributed by atoms with E-state index in [1.807, 2.05) is 19.1 Å². The van der Waals surface area contributed by atoms with Crippen LogP contribution in [0.2, 0.25) is 10.3 Å². The molecule has 0 saturated carbocycles. The molecular weight excluding hydrogens is 301 g/mol. The fraction of sp³-hybridized carbons (Fsp3) is 0.111. The molecule has 0 amide bonds. The van der Waals surface area contributed by atoms with E-state index in [1.165, 1.54) is 0 Å². The van der Waals surface area contributed by atoms with Gasteiger partial charge in [-0.15, -0.1) is 10.2 Å². The van der Waals surface area contributed by atoms with Crippen LogP contribution in [0.25, 0.3) is 5.69 Å². The van der Waals surface area contributed by atoms with Gasteiger partial charge in [0.25, 0.3) is 0 Å². The zero-order chi connectivity index (χ0) is 11.0. The average Bonchev–Trinajstić information content (AvgIpc) is 2.52. The molecule has 0 bridgehead atoms. The second-order valence-electron chi connectivity index (χ2n) is 2.95. The number of hydrogen-bond acceptors (Lipinski definition) is 2. The van der Waals surface area contributed by atoms with Crippen molar-refractivity contribution in [2.45, 2.75) is 6.92 Å². The Morgan fingerprint density at radius 3 is 2.53 bits per heavy atom. The molecule has 0 saturated heterocycles. The Labute approximate surface area is 105 Å². The van der Waals surface area contributed by atoms with Gasteiger partial charge in [-0.1, -0.05) is 11.6 Å². The number of aryl methyl sites for hydroxylation is 1. The van der Waals surface area contributed by atoms with Gasteiger partial charge in [0.1, 0.15) is 5.82 Å². The predicted molar refractivity (Wildman–Crippen MR) is 63.8 cm³/mol. The van der Waals surface area contributed by atoms with Crippen molar-refractivity contribution in [3.63, 3.8) is 0 Å². The number of halogens is 3. The topological polar surface area (TPSA) is 30.7 Å². The van der Waals surface area contributed by atoms with Crippen LogP contribution in [0.5, 0.6) is 0 Å². The van der Waals surface area contributed by atoms with Crippen molar-refractivity contribution in [3.05, 3.63) is 38.8 Å². The van der Waals surface area contributed by atoms with Gasteiger partial charge >= 0.3 is 0 Å². The Morgan fingerprint density at radius 2 is 2.00 bits per heavy atom. The molecule has 0 atom stereocenters. The maximum atomic E-state index is 5.99. The van der Waals surface area contributed by atoms with Gasteiger partial charge in [0, 0.05) is 4.47 Å². The van der Waals surface area contributed by atoms with Gasteiger partial charge in [0.15, 0.2) is 0 Å². The van der Waals surface area contributed by atoms with Crippen molar-refractivity contribution in [1.82, 2.24) is 14.8 Å². The van der Waals surface area contributed by atoms with Crippen molar-refractivity contribution in [2.24, 2.45) is 0 Å². The van der Waals surface area contributed by atoms with Crippen LogP contribution in [-0.2, 0) is 0 Å². The van der Waals surface area contributed by atoms with Gasteiger partial charge in [0.2, 0.25) is 5.28 Å². The van der Waals surface area contributed by atoms with Gasteiger partial charge < -0.3 is 0 Å². The first-order valence-electron chi connectivity index (χ1n) is 4.12. The van der Waals surface area contributed by atoms with Crippen LogP contribution in [0.4, 0.5) is 0 Å². The summed E-state index contributed by atoms with van der Waals surface area (Å²) in [4.78, 5) is 0. The molecule has 1 heterocycles. The van der Waals surface area contributed by atoms with Gasteiger partial charge in [-0.25, -0.2) is 0 Å². The Morgan fingerprint density at radius 1 is 1.27 bits per heavy atom. The third kappa shape index (κ3) is 2.02. The Hall–Kier alpha value is -0.580. The van der Waals surface area contributed by atoms with E-state index in [0.717, 1.165) is 16.0 Å². The normalized spacial score (nSPS) is 10.7. The average molecular weight is 307 g/mol. The molecule has 2 aromatic rings. The molecule has 0 aliphatic carbocycles. The van der Waals surface area contributed by atoms with E-state index < -0.39 is 0 Å². The lowest BCUT2D eigenvalue weighted by Crippen LogP contribution is -1.97. The molecule has 1 aromatic heterocycles. The second-order valence-corrected chi connectivity index (χ2v) is 4.55. The van der Waals surface area contributed by atoms with Crippen molar-refractivity contribution in [3.8, 4) is 5.69 Å². The zero-order valence-electron chi connectivity index (χ0n) is 7.71. The van der Waals surface area contributed by atoms with E-state index in [1.54, 1.807) is 10.6 Å². The minimum atomic E-state index is 0.325. The predicted octanol–water partition coefficient (Wildman–Crippen LogP) is 3.65. The largest absolute Gasteiger partial charge is 0.270 e. The van der Waals surface area contributed by atoms with Crippen LogP contribution in [0.3, 0.4) is 0 Å². The Kier molecular flexibility index (Phi) is 3.00. The quantitative estimate of drug-likeness (QED) is 0.805. The number of aromatic nitrogens is 3. The fourth-order valence-electron chi connectivity index (χ4n) is 1.25. The highest BCUT2D eigenvalue weighted by molar-refractivity contribution is 9.10. The molecule has 0 aliphatic heterocycles. The second kappa shape index (κ2) is 4.12. The third-order valence-corrected chi connectivity index (χ3v) is 3.42. The highest BCUT2D eigenvalue weighted by Gasteiger charge is 2.09. The van der Waals surface area contributed by atoms with E-state index in [-0.39, 0.29) is 0 Å². The molecule has 15 heavy (non-hydrogen) atoms. The highest BCUT2D eigenvalue weighted by Crippen LogP contribution is 2.26. The first-order chi connectivity index (χ1) is 7.09. The van der Waals surface area contributed by atoms with Crippen LogP contribution in [-0.4, -0.2) is 14.8 Å². The monoisotopic (exact) mass is 305 g/mol. The first-order valence-corrected chi connectivity index (χ1v) is 5.67. The molecule has 1 aromatic carbocycles. The van der Waals surface area contributed by atoms with E-state index in [4.69, 9.17) is 23.2 Å². The summed E-state index contributed by atoms with van der Waals surface area (Å²) in [5.74, 6) is 0.721. The molecule has 0 radical (unpaired) electrons. The van der Waals surface area contributed by atoms with Crippen molar-refractivity contribution >= 4 is 39.1 Å². The summed E-state index contributed by atoms with van der Waals surface area (Å²) in [5.41, 5.74) is 0.843. The van der Waals surface area contributed by atoms with Crippen LogP contribution >= 0.6 is 39.1 Å². The minimum Gasteiger partial charge on any atom is -0.270 e. The number of hydrogen-bond donors (Lipinski definition) is 0. The summed E-state index contributed by atoms with van der Waals surface area (Å²) in [6, 6.07) is 5.54. The van der Waals surface area contributed by atoms with Gasteiger partial charge in [-0.3, -0.25) is 4.57 Å². The molecule has 0 fully saturated rings. The van der Waals surface area contributed by atoms with Crippen LogP contribution in [0, 0.1) is 6.92 Å². The van der Waals surface area contributed by atoms with E-state index in [0.29, 0.717) is 10.3 Å². The molecule has 0 N–H and O–H groups in total. The maximum Gasteiger partial charge on any atom is 0.229 e. The number of rotatable bonds is 1. The summed E-state index contributed by atoms with van der Waals surface area (Å²) < 4.78 is 2.56. The zero-order valence-corrected chi connectivity index (χ0v) is 10.8. The molecule has 2 rings (SSSR count). The van der Waals surface area contributed by atoms with E-state index in [2.05, 4.69) is 26.1 Å². The van der Waals surface area contributed by atoms with Crippen molar-refractivity contribution in [2.75, 3.05) is 0 Å². The highest BCUT2D eigenvalue weighted by atomic mass is 79.9. The fourth-order valence-corrected chi connectivity index (χ4v) is 1.93. The standard InChI is InChI=1S/C9H6BrCl2N3/c1-5-13-14-9(12)15(5)6-2-3-7(10)8(11)4-6/h2-4H,1H3. The van der Waals surface area contributed by atoms with E-state index >= 15 is 0 Å². The lowest BCUT2D eigenvalue weighted by molar-refractivity contribution is 0.969. The van der Waals surface area contributed by atoms with Crippen molar-refractivity contribution in [1.29, 1.82) is 0 Å². The van der Waals surface area contributed by atoms with Crippen LogP contribution in [0.1, 0.15) is 5.82 Å². The van der Waals surface area contributed by atoms with E-state index in [9.17, 15) is 0 Å².